The zero-order valence-corrected chi connectivity index (χ0v) is 14.1. The number of rotatable bonds is 5. The van der Waals surface area contributed by atoms with Gasteiger partial charge in [-0.25, -0.2) is 0 Å². The molecule has 0 spiro atoms. The van der Waals surface area contributed by atoms with E-state index in [4.69, 9.17) is 0 Å². The summed E-state index contributed by atoms with van der Waals surface area (Å²) in [5.41, 5.74) is 3.06. The SMILES string of the molecule is CCNC(c1ccc2c(c1)C(C)(C)C(=O)N2)C(C)(C)CC. The van der Waals surface area contributed by atoms with Gasteiger partial charge in [0.25, 0.3) is 0 Å². The number of fused-ring (bicyclic) bond motifs is 1. The summed E-state index contributed by atoms with van der Waals surface area (Å²) in [6, 6.07) is 6.70. The van der Waals surface area contributed by atoms with Crippen molar-refractivity contribution in [2.45, 2.75) is 59.4 Å². The quantitative estimate of drug-likeness (QED) is 0.859. The van der Waals surface area contributed by atoms with Gasteiger partial charge in [0.15, 0.2) is 0 Å². The molecular weight excluding hydrogens is 260 g/mol. The second-order valence-corrected chi connectivity index (χ2v) is 7.22. The molecule has 1 atom stereocenters. The lowest BCUT2D eigenvalue weighted by Gasteiger charge is -2.35. The molecule has 0 aromatic heterocycles. The van der Waals surface area contributed by atoms with E-state index in [1.807, 2.05) is 19.9 Å². The van der Waals surface area contributed by atoms with Gasteiger partial charge in [0, 0.05) is 11.7 Å². The number of hydrogen-bond acceptors (Lipinski definition) is 2. The summed E-state index contributed by atoms with van der Waals surface area (Å²) in [7, 11) is 0. The number of carbonyl (C=O) groups is 1. The van der Waals surface area contributed by atoms with Crippen molar-refractivity contribution < 1.29 is 4.79 Å². The summed E-state index contributed by atoms with van der Waals surface area (Å²) in [6.45, 7) is 13.9. The predicted octanol–water partition coefficient (Wildman–Crippen LogP) is 4.00. The summed E-state index contributed by atoms with van der Waals surface area (Å²) in [5.74, 6) is 0.0874. The zero-order valence-electron chi connectivity index (χ0n) is 14.1. The fourth-order valence-corrected chi connectivity index (χ4v) is 3.02. The first-order valence-electron chi connectivity index (χ1n) is 7.93. The number of benzene rings is 1. The highest BCUT2D eigenvalue weighted by molar-refractivity contribution is 6.05. The van der Waals surface area contributed by atoms with E-state index in [1.165, 1.54) is 5.56 Å². The van der Waals surface area contributed by atoms with E-state index in [0.29, 0.717) is 6.04 Å². The molecule has 2 rings (SSSR count). The molecule has 0 bridgehead atoms. The Morgan fingerprint density at radius 2 is 1.95 bits per heavy atom. The minimum atomic E-state index is -0.446. The maximum absolute atomic E-state index is 12.1. The van der Waals surface area contributed by atoms with Crippen molar-refractivity contribution in [1.29, 1.82) is 0 Å². The first-order valence-corrected chi connectivity index (χ1v) is 7.93. The molecule has 0 radical (unpaired) electrons. The third kappa shape index (κ3) is 2.71. The largest absolute Gasteiger partial charge is 0.325 e. The average molecular weight is 288 g/mol. The van der Waals surface area contributed by atoms with E-state index in [9.17, 15) is 4.79 Å². The van der Waals surface area contributed by atoms with Gasteiger partial charge in [-0.05, 0) is 49.4 Å². The van der Waals surface area contributed by atoms with Crippen LogP contribution >= 0.6 is 0 Å². The van der Waals surface area contributed by atoms with Crippen LogP contribution in [-0.2, 0) is 10.2 Å². The first-order chi connectivity index (χ1) is 9.74. The minimum Gasteiger partial charge on any atom is -0.325 e. The summed E-state index contributed by atoms with van der Waals surface area (Å²) in [4.78, 5) is 12.1. The zero-order chi connectivity index (χ0) is 15.8. The van der Waals surface area contributed by atoms with E-state index < -0.39 is 5.41 Å². The molecule has 0 saturated heterocycles. The van der Waals surface area contributed by atoms with Gasteiger partial charge in [0.05, 0.1) is 5.41 Å². The smallest absolute Gasteiger partial charge is 0.234 e. The van der Waals surface area contributed by atoms with Gasteiger partial charge in [-0.1, -0.05) is 39.8 Å². The summed E-state index contributed by atoms with van der Waals surface area (Å²) < 4.78 is 0. The molecule has 1 amide bonds. The van der Waals surface area contributed by atoms with Crippen LogP contribution in [0.5, 0.6) is 0 Å². The Balaban J connectivity index is 2.46. The normalized spacial score (nSPS) is 18.3. The standard InChI is InChI=1S/C18H28N2O/c1-7-17(3,4)15(19-8-2)12-9-10-14-13(11-12)18(5,6)16(21)20-14/h9-11,15,19H,7-8H2,1-6H3,(H,20,21). The molecule has 21 heavy (non-hydrogen) atoms. The van der Waals surface area contributed by atoms with Crippen molar-refractivity contribution in [3.63, 3.8) is 0 Å². The molecule has 1 heterocycles. The van der Waals surface area contributed by atoms with Crippen LogP contribution in [0.4, 0.5) is 5.69 Å². The fraction of sp³-hybridized carbons (Fsp3) is 0.611. The second-order valence-electron chi connectivity index (χ2n) is 7.22. The van der Waals surface area contributed by atoms with Gasteiger partial charge in [0.2, 0.25) is 5.91 Å². The third-order valence-corrected chi connectivity index (χ3v) is 4.97. The number of anilines is 1. The van der Waals surface area contributed by atoms with E-state index >= 15 is 0 Å². The fourth-order valence-electron chi connectivity index (χ4n) is 3.02. The van der Waals surface area contributed by atoms with Gasteiger partial charge in [-0.3, -0.25) is 4.79 Å². The third-order valence-electron chi connectivity index (χ3n) is 4.97. The Morgan fingerprint density at radius 3 is 2.52 bits per heavy atom. The number of amides is 1. The van der Waals surface area contributed by atoms with Gasteiger partial charge in [-0.15, -0.1) is 0 Å². The van der Waals surface area contributed by atoms with Gasteiger partial charge >= 0.3 is 0 Å². The molecule has 1 aliphatic heterocycles. The lowest BCUT2D eigenvalue weighted by molar-refractivity contribution is -0.119. The Morgan fingerprint density at radius 1 is 1.29 bits per heavy atom. The van der Waals surface area contributed by atoms with E-state index in [-0.39, 0.29) is 11.3 Å². The van der Waals surface area contributed by atoms with Crippen LogP contribution < -0.4 is 10.6 Å². The lowest BCUT2D eigenvalue weighted by atomic mass is 9.76. The number of carbonyl (C=O) groups excluding carboxylic acids is 1. The average Bonchev–Trinajstić information content (AvgIpc) is 2.66. The highest BCUT2D eigenvalue weighted by Gasteiger charge is 2.39. The van der Waals surface area contributed by atoms with E-state index in [1.54, 1.807) is 0 Å². The highest BCUT2D eigenvalue weighted by Crippen LogP contribution is 2.42. The van der Waals surface area contributed by atoms with E-state index in [0.717, 1.165) is 24.2 Å². The minimum absolute atomic E-state index is 0.0874. The summed E-state index contributed by atoms with van der Waals surface area (Å²) in [5, 5.41) is 6.59. The van der Waals surface area contributed by atoms with Crippen LogP contribution in [0, 0.1) is 5.41 Å². The van der Waals surface area contributed by atoms with Gasteiger partial charge in [-0.2, -0.15) is 0 Å². The predicted molar refractivity (Wildman–Crippen MR) is 88.6 cm³/mol. The van der Waals surface area contributed by atoms with Crippen LogP contribution in [0.15, 0.2) is 18.2 Å². The number of nitrogens with one attached hydrogen (secondary N) is 2. The number of hydrogen-bond donors (Lipinski definition) is 2. The Labute approximate surface area is 128 Å². The highest BCUT2D eigenvalue weighted by atomic mass is 16.2. The van der Waals surface area contributed by atoms with Crippen molar-refractivity contribution in [1.82, 2.24) is 5.32 Å². The molecular formula is C18H28N2O. The summed E-state index contributed by atoms with van der Waals surface area (Å²) >= 11 is 0. The first kappa shape index (κ1) is 16.0. The Kier molecular flexibility index (Phi) is 4.16. The Bertz CT molecular complexity index is 546. The van der Waals surface area contributed by atoms with Gasteiger partial charge in [0.1, 0.15) is 0 Å². The second kappa shape index (κ2) is 5.45. The van der Waals surface area contributed by atoms with Crippen LogP contribution in [0.25, 0.3) is 0 Å². The lowest BCUT2D eigenvalue weighted by Crippen LogP contribution is -2.34. The molecule has 0 aliphatic carbocycles. The molecule has 1 unspecified atom stereocenters. The van der Waals surface area contributed by atoms with Crippen LogP contribution in [0.1, 0.15) is 65.1 Å². The van der Waals surface area contributed by atoms with Crippen LogP contribution in [-0.4, -0.2) is 12.5 Å². The van der Waals surface area contributed by atoms with Crippen molar-refractivity contribution >= 4 is 11.6 Å². The van der Waals surface area contributed by atoms with Crippen LogP contribution in [0.2, 0.25) is 0 Å². The molecule has 1 aromatic carbocycles. The van der Waals surface area contributed by atoms with E-state index in [2.05, 4.69) is 50.5 Å². The van der Waals surface area contributed by atoms with Crippen molar-refractivity contribution in [3.05, 3.63) is 29.3 Å². The molecule has 3 nitrogen and oxygen atoms in total. The van der Waals surface area contributed by atoms with Crippen molar-refractivity contribution in [3.8, 4) is 0 Å². The van der Waals surface area contributed by atoms with Gasteiger partial charge < -0.3 is 10.6 Å². The molecule has 116 valence electrons. The molecule has 1 aliphatic rings. The Hall–Kier alpha value is -1.35. The summed E-state index contributed by atoms with van der Waals surface area (Å²) in [6.07, 6.45) is 1.10. The van der Waals surface area contributed by atoms with Crippen molar-refractivity contribution in [2.24, 2.45) is 5.41 Å². The molecule has 0 saturated carbocycles. The molecule has 3 heteroatoms. The van der Waals surface area contributed by atoms with Crippen molar-refractivity contribution in [2.75, 3.05) is 11.9 Å². The molecule has 2 N–H and O–H groups in total. The monoisotopic (exact) mass is 288 g/mol. The topological polar surface area (TPSA) is 41.1 Å². The molecule has 0 fully saturated rings. The maximum atomic E-state index is 12.1. The molecule has 1 aromatic rings. The maximum Gasteiger partial charge on any atom is 0.234 e. The van der Waals surface area contributed by atoms with Crippen LogP contribution in [0.3, 0.4) is 0 Å².